The Morgan fingerprint density at radius 2 is 1.88 bits per heavy atom. The number of fused-ring (bicyclic) bond motifs is 1. The molecule has 0 atom stereocenters. The highest BCUT2D eigenvalue weighted by atomic mass is 35.5. The molecule has 2 aromatic heterocycles. The highest BCUT2D eigenvalue weighted by Gasteiger charge is 2.14. The van der Waals surface area contributed by atoms with Gasteiger partial charge in [0.25, 0.3) is 0 Å². The van der Waals surface area contributed by atoms with Crippen molar-refractivity contribution in [2.75, 3.05) is 0 Å². The lowest BCUT2D eigenvalue weighted by molar-refractivity contribution is 0.791. The van der Waals surface area contributed by atoms with Crippen molar-refractivity contribution in [3.8, 4) is 11.4 Å². The number of hydrogen-bond acceptors (Lipinski definition) is 4. The zero-order valence-electron chi connectivity index (χ0n) is 14.8. The largest absolute Gasteiger partial charge is 0.330 e. The predicted molar refractivity (Wildman–Crippen MR) is 106 cm³/mol. The van der Waals surface area contributed by atoms with Crippen LogP contribution in [0.1, 0.15) is 11.4 Å². The number of halogens is 1. The molecule has 2 heterocycles. The first-order valence-corrected chi connectivity index (χ1v) is 9.59. The van der Waals surface area contributed by atoms with Crippen LogP contribution in [-0.4, -0.2) is 24.3 Å². The van der Waals surface area contributed by atoms with Gasteiger partial charge in [0, 0.05) is 24.7 Å². The van der Waals surface area contributed by atoms with Gasteiger partial charge in [-0.15, -0.1) is 10.2 Å². The molecule has 0 spiro atoms. The maximum absolute atomic E-state index is 6.07. The Balaban J connectivity index is 1.58. The van der Waals surface area contributed by atoms with E-state index in [1.165, 1.54) is 5.56 Å². The van der Waals surface area contributed by atoms with Crippen LogP contribution in [0.3, 0.4) is 0 Å². The topological polar surface area (TPSA) is 48.5 Å². The van der Waals surface area contributed by atoms with E-state index in [2.05, 4.69) is 39.9 Å². The fraction of sp³-hybridized carbons (Fsp3) is 0.211. The molecule has 0 bridgehead atoms. The third-order valence-corrected chi connectivity index (χ3v) is 5.63. The zero-order valence-corrected chi connectivity index (χ0v) is 16.3. The molecule has 26 heavy (non-hydrogen) atoms. The first-order chi connectivity index (χ1) is 12.5. The fourth-order valence-electron chi connectivity index (χ4n) is 2.96. The Morgan fingerprint density at radius 3 is 2.69 bits per heavy atom. The molecule has 0 saturated heterocycles. The minimum Gasteiger partial charge on any atom is -0.330 e. The summed E-state index contributed by atoms with van der Waals surface area (Å²) in [6, 6.07) is 14.1. The summed E-state index contributed by atoms with van der Waals surface area (Å²) in [5, 5.41) is 10.3. The standard InChI is InChI=1S/C19H18ClN5S/c1-12-5-4-6-13(9-12)18-22-23-19(25(18)3)26-11-17-21-15-10-14(20)7-8-16(15)24(17)2/h4-10H,11H2,1-3H3. The third-order valence-electron chi connectivity index (χ3n) is 4.38. The average Bonchev–Trinajstić information content (AvgIpc) is 3.13. The van der Waals surface area contributed by atoms with E-state index in [-0.39, 0.29) is 0 Å². The van der Waals surface area contributed by atoms with Crippen LogP contribution >= 0.6 is 23.4 Å². The van der Waals surface area contributed by atoms with Crippen molar-refractivity contribution in [2.24, 2.45) is 14.1 Å². The van der Waals surface area contributed by atoms with Crippen molar-refractivity contribution in [1.29, 1.82) is 0 Å². The maximum atomic E-state index is 6.07. The normalized spacial score (nSPS) is 11.4. The minimum absolute atomic E-state index is 0.700. The van der Waals surface area contributed by atoms with E-state index in [9.17, 15) is 0 Å². The smallest absolute Gasteiger partial charge is 0.191 e. The second kappa shape index (κ2) is 6.78. The molecule has 7 heteroatoms. The Bertz CT molecular complexity index is 1100. The van der Waals surface area contributed by atoms with Crippen LogP contribution in [0.2, 0.25) is 5.02 Å². The molecule has 0 fully saturated rings. The maximum Gasteiger partial charge on any atom is 0.191 e. The average molecular weight is 384 g/mol. The monoisotopic (exact) mass is 383 g/mol. The first-order valence-electron chi connectivity index (χ1n) is 8.23. The lowest BCUT2D eigenvalue weighted by Gasteiger charge is -2.05. The van der Waals surface area contributed by atoms with Gasteiger partial charge in [0.2, 0.25) is 0 Å². The Labute approximate surface area is 161 Å². The summed E-state index contributed by atoms with van der Waals surface area (Å²) in [4.78, 5) is 4.69. The van der Waals surface area contributed by atoms with Gasteiger partial charge in [-0.1, -0.05) is 47.1 Å². The predicted octanol–water partition coefficient (Wildman–Crippen LogP) is 4.62. The molecule has 132 valence electrons. The van der Waals surface area contributed by atoms with Gasteiger partial charge in [-0.2, -0.15) is 0 Å². The van der Waals surface area contributed by atoms with Crippen molar-refractivity contribution in [1.82, 2.24) is 24.3 Å². The van der Waals surface area contributed by atoms with E-state index in [4.69, 9.17) is 16.6 Å². The van der Waals surface area contributed by atoms with Crippen LogP contribution in [0.15, 0.2) is 47.6 Å². The van der Waals surface area contributed by atoms with Gasteiger partial charge in [0.1, 0.15) is 5.82 Å². The zero-order chi connectivity index (χ0) is 18.3. The number of aryl methyl sites for hydroxylation is 2. The second-order valence-corrected chi connectivity index (χ2v) is 7.62. The Kier molecular flexibility index (Phi) is 4.46. The molecule has 0 saturated carbocycles. The van der Waals surface area contributed by atoms with E-state index in [0.717, 1.165) is 33.4 Å². The number of thioether (sulfide) groups is 1. The molecule has 0 unspecified atom stereocenters. The van der Waals surface area contributed by atoms with E-state index in [1.807, 2.05) is 42.9 Å². The van der Waals surface area contributed by atoms with Gasteiger partial charge in [-0.05, 0) is 31.2 Å². The van der Waals surface area contributed by atoms with Crippen molar-refractivity contribution in [3.05, 3.63) is 58.9 Å². The Hall–Kier alpha value is -2.31. The number of rotatable bonds is 4. The first kappa shape index (κ1) is 17.1. The van der Waals surface area contributed by atoms with Crippen LogP contribution in [0.4, 0.5) is 0 Å². The summed E-state index contributed by atoms with van der Waals surface area (Å²) < 4.78 is 4.12. The van der Waals surface area contributed by atoms with Gasteiger partial charge < -0.3 is 9.13 Å². The van der Waals surface area contributed by atoms with Gasteiger partial charge in [-0.3, -0.25) is 0 Å². The number of imidazole rings is 1. The van der Waals surface area contributed by atoms with Crippen molar-refractivity contribution < 1.29 is 0 Å². The highest BCUT2D eigenvalue weighted by Crippen LogP contribution is 2.27. The van der Waals surface area contributed by atoms with Gasteiger partial charge in [0.05, 0.1) is 16.8 Å². The van der Waals surface area contributed by atoms with Gasteiger partial charge in [0.15, 0.2) is 11.0 Å². The third kappa shape index (κ3) is 3.10. The lowest BCUT2D eigenvalue weighted by atomic mass is 10.1. The van der Waals surface area contributed by atoms with Gasteiger partial charge >= 0.3 is 0 Å². The van der Waals surface area contributed by atoms with Crippen LogP contribution < -0.4 is 0 Å². The fourth-order valence-corrected chi connectivity index (χ4v) is 4.02. The molecule has 0 aliphatic rings. The molecular formula is C19H18ClN5S. The number of benzene rings is 2. The molecule has 2 aromatic carbocycles. The van der Waals surface area contributed by atoms with E-state index in [0.29, 0.717) is 10.8 Å². The summed E-state index contributed by atoms with van der Waals surface area (Å²) in [6.45, 7) is 2.08. The Morgan fingerprint density at radius 1 is 1.04 bits per heavy atom. The van der Waals surface area contributed by atoms with Crippen molar-refractivity contribution >= 4 is 34.4 Å². The van der Waals surface area contributed by atoms with Crippen molar-refractivity contribution in [2.45, 2.75) is 17.8 Å². The van der Waals surface area contributed by atoms with Crippen LogP contribution in [0.25, 0.3) is 22.4 Å². The van der Waals surface area contributed by atoms with Crippen LogP contribution in [-0.2, 0) is 19.8 Å². The molecule has 0 N–H and O–H groups in total. The molecule has 0 aliphatic carbocycles. The molecule has 5 nitrogen and oxygen atoms in total. The summed E-state index contributed by atoms with van der Waals surface area (Å²) >= 11 is 7.70. The number of nitrogens with zero attached hydrogens (tertiary/aromatic N) is 5. The summed E-state index contributed by atoms with van der Waals surface area (Å²) in [5.74, 6) is 2.56. The number of hydrogen-bond donors (Lipinski definition) is 0. The summed E-state index contributed by atoms with van der Waals surface area (Å²) in [5.41, 5.74) is 4.26. The second-order valence-electron chi connectivity index (χ2n) is 6.24. The molecule has 4 rings (SSSR count). The molecule has 4 aromatic rings. The molecule has 0 radical (unpaired) electrons. The summed E-state index contributed by atoms with van der Waals surface area (Å²) in [6.07, 6.45) is 0. The molecule has 0 aliphatic heterocycles. The number of aromatic nitrogens is 5. The van der Waals surface area contributed by atoms with E-state index < -0.39 is 0 Å². The van der Waals surface area contributed by atoms with Gasteiger partial charge in [-0.25, -0.2) is 4.98 Å². The molecule has 0 amide bonds. The quantitative estimate of drug-likeness (QED) is 0.482. The molecular weight excluding hydrogens is 366 g/mol. The highest BCUT2D eigenvalue weighted by molar-refractivity contribution is 7.98. The lowest BCUT2D eigenvalue weighted by Crippen LogP contribution is -1.98. The van der Waals surface area contributed by atoms with E-state index >= 15 is 0 Å². The van der Waals surface area contributed by atoms with E-state index in [1.54, 1.807) is 11.8 Å². The van der Waals surface area contributed by atoms with Crippen LogP contribution in [0, 0.1) is 6.92 Å². The van der Waals surface area contributed by atoms with Crippen LogP contribution in [0.5, 0.6) is 0 Å². The van der Waals surface area contributed by atoms with Crippen molar-refractivity contribution in [3.63, 3.8) is 0 Å². The minimum atomic E-state index is 0.700. The summed E-state index contributed by atoms with van der Waals surface area (Å²) in [7, 11) is 4.02. The SMILES string of the molecule is Cc1cccc(-c2nnc(SCc3nc4cc(Cl)ccc4n3C)n2C)c1.